The third kappa shape index (κ3) is 9.97. The van der Waals surface area contributed by atoms with Crippen molar-refractivity contribution in [2.45, 2.75) is 52.9 Å². The largest absolute Gasteiger partial charge is 0.355 e. The number of carbonyl (C=O) groups is 1. The minimum atomic E-state index is 0.0917. The molecule has 0 atom stereocenters. The Labute approximate surface area is 100 Å². The van der Waals surface area contributed by atoms with Crippen LogP contribution < -0.4 is 10.6 Å². The van der Waals surface area contributed by atoms with E-state index in [1.807, 2.05) is 13.8 Å². The van der Waals surface area contributed by atoms with Crippen molar-refractivity contribution in [1.29, 1.82) is 0 Å². The predicted molar refractivity (Wildman–Crippen MR) is 69.5 cm³/mol. The number of hydrogen-bond donors (Lipinski definition) is 2. The molecule has 0 saturated heterocycles. The van der Waals surface area contributed by atoms with Crippen LogP contribution in [-0.4, -0.2) is 25.5 Å². The van der Waals surface area contributed by atoms with Gasteiger partial charge in [-0.25, -0.2) is 0 Å². The van der Waals surface area contributed by atoms with Gasteiger partial charge in [-0.15, -0.1) is 0 Å². The Morgan fingerprint density at radius 2 is 1.69 bits per heavy atom. The Bertz CT molecular complexity index is 169. The highest BCUT2D eigenvalue weighted by molar-refractivity contribution is 5.77. The van der Waals surface area contributed by atoms with Gasteiger partial charge in [0.1, 0.15) is 0 Å². The van der Waals surface area contributed by atoms with Crippen molar-refractivity contribution in [3.05, 3.63) is 0 Å². The van der Waals surface area contributed by atoms with Gasteiger partial charge < -0.3 is 10.6 Å². The smallest absolute Gasteiger partial charge is 0.222 e. The van der Waals surface area contributed by atoms with E-state index in [0.29, 0.717) is 0 Å². The second-order valence-corrected chi connectivity index (χ2v) is 4.61. The molecule has 2 N–H and O–H groups in total. The van der Waals surface area contributed by atoms with Crippen LogP contribution in [0.25, 0.3) is 0 Å². The van der Waals surface area contributed by atoms with E-state index in [1.165, 1.54) is 32.1 Å². The lowest BCUT2D eigenvalue weighted by Gasteiger charge is -2.08. The molecular weight excluding hydrogens is 200 g/mol. The van der Waals surface area contributed by atoms with Crippen molar-refractivity contribution in [2.75, 3.05) is 19.6 Å². The van der Waals surface area contributed by atoms with Gasteiger partial charge in [-0.2, -0.15) is 0 Å². The molecule has 0 bridgehead atoms. The summed E-state index contributed by atoms with van der Waals surface area (Å²) in [7, 11) is 0. The minimum absolute atomic E-state index is 0.0917. The summed E-state index contributed by atoms with van der Waals surface area (Å²) < 4.78 is 0. The number of hydrogen-bond acceptors (Lipinski definition) is 2. The zero-order valence-electron chi connectivity index (χ0n) is 11.1. The van der Waals surface area contributed by atoms with Crippen LogP contribution in [0.1, 0.15) is 52.9 Å². The molecule has 0 rings (SSSR count). The SMILES string of the molecule is CCCCCCCNCCNC(=O)C(C)C. The van der Waals surface area contributed by atoms with Crippen LogP contribution >= 0.6 is 0 Å². The van der Waals surface area contributed by atoms with Gasteiger partial charge in [-0.05, 0) is 13.0 Å². The monoisotopic (exact) mass is 228 g/mol. The molecule has 0 aliphatic rings. The second kappa shape index (κ2) is 10.9. The molecule has 0 saturated carbocycles. The zero-order chi connectivity index (χ0) is 12.2. The maximum atomic E-state index is 11.2. The number of nitrogens with one attached hydrogen (secondary N) is 2. The molecule has 0 fully saturated rings. The molecule has 3 nitrogen and oxygen atoms in total. The van der Waals surface area contributed by atoms with Crippen LogP contribution in [0, 0.1) is 5.92 Å². The highest BCUT2D eigenvalue weighted by Gasteiger charge is 2.04. The summed E-state index contributed by atoms with van der Waals surface area (Å²) in [5.41, 5.74) is 0. The van der Waals surface area contributed by atoms with Gasteiger partial charge in [-0.3, -0.25) is 4.79 Å². The van der Waals surface area contributed by atoms with Crippen LogP contribution in [0.3, 0.4) is 0 Å². The Morgan fingerprint density at radius 3 is 2.31 bits per heavy atom. The summed E-state index contributed by atoms with van der Waals surface area (Å²) >= 11 is 0. The Kier molecular flexibility index (Phi) is 10.5. The molecule has 0 heterocycles. The van der Waals surface area contributed by atoms with E-state index in [4.69, 9.17) is 0 Å². The third-order valence-electron chi connectivity index (χ3n) is 2.58. The number of rotatable bonds is 10. The molecule has 16 heavy (non-hydrogen) atoms. The van der Waals surface area contributed by atoms with Gasteiger partial charge in [0.15, 0.2) is 0 Å². The van der Waals surface area contributed by atoms with Crippen molar-refractivity contribution < 1.29 is 4.79 Å². The van der Waals surface area contributed by atoms with E-state index in [9.17, 15) is 4.79 Å². The highest BCUT2D eigenvalue weighted by atomic mass is 16.1. The summed E-state index contributed by atoms with van der Waals surface area (Å²) in [5, 5.41) is 6.23. The second-order valence-electron chi connectivity index (χ2n) is 4.61. The lowest BCUT2D eigenvalue weighted by atomic mass is 10.1. The molecule has 96 valence electrons. The Balaban J connectivity index is 3.07. The average Bonchev–Trinajstić information content (AvgIpc) is 2.26. The van der Waals surface area contributed by atoms with Crippen LogP contribution in [0.2, 0.25) is 0 Å². The van der Waals surface area contributed by atoms with Gasteiger partial charge >= 0.3 is 0 Å². The first kappa shape index (κ1) is 15.4. The average molecular weight is 228 g/mol. The van der Waals surface area contributed by atoms with Crippen LogP contribution in [0.4, 0.5) is 0 Å². The third-order valence-corrected chi connectivity index (χ3v) is 2.58. The quantitative estimate of drug-likeness (QED) is 0.563. The van der Waals surface area contributed by atoms with Gasteiger partial charge in [0.2, 0.25) is 5.91 Å². The minimum Gasteiger partial charge on any atom is -0.355 e. The highest BCUT2D eigenvalue weighted by Crippen LogP contribution is 2.00. The summed E-state index contributed by atoms with van der Waals surface area (Å²) in [6.45, 7) is 8.75. The molecule has 0 radical (unpaired) electrons. The van der Waals surface area contributed by atoms with Crippen molar-refractivity contribution in [2.24, 2.45) is 5.92 Å². The molecule has 0 aromatic carbocycles. The van der Waals surface area contributed by atoms with Crippen molar-refractivity contribution in [3.63, 3.8) is 0 Å². The van der Waals surface area contributed by atoms with Gasteiger partial charge in [0.05, 0.1) is 0 Å². The van der Waals surface area contributed by atoms with Crippen molar-refractivity contribution >= 4 is 5.91 Å². The molecular formula is C13H28N2O. The number of carbonyl (C=O) groups excluding carboxylic acids is 1. The van der Waals surface area contributed by atoms with E-state index in [-0.39, 0.29) is 11.8 Å². The summed E-state index contributed by atoms with van der Waals surface area (Å²) in [6, 6.07) is 0. The maximum absolute atomic E-state index is 11.2. The first-order chi connectivity index (χ1) is 7.68. The molecule has 1 amide bonds. The van der Waals surface area contributed by atoms with Crippen LogP contribution in [-0.2, 0) is 4.79 Å². The summed E-state index contributed by atoms with van der Waals surface area (Å²) in [5.74, 6) is 0.235. The fraction of sp³-hybridized carbons (Fsp3) is 0.923. The van der Waals surface area contributed by atoms with E-state index < -0.39 is 0 Å². The van der Waals surface area contributed by atoms with Gasteiger partial charge in [0, 0.05) is 19.0 Å². The van der Waals surface area contributed by atoms with Crippen molar-refractivity contribution in [3.8, 4) is 0 Å². The molecule has 0 aromatic rings. The van der Waals surface area contributed by atoms with Crippen LogP contribution in [0.5, 0.6) is 0 Å². The van der Waals surface area contributed by atoms with Gasteiger partial charge in [0.25, 0.3) is 0 Å². The van der Waals surface area contributed by atoms with E-state index in [2.05, 4.69) is 17.6 Å². The van der Waals surface area contributed by atoms with E-state index in [1.54, 1.807) is 0 Å². The molecule has 0 spiro atoms. The predicted octanol–water partition coefficient (Wildman–Crippen LogP) is 2.32. The summed E-state index contributed by atoms with van der Waals surface area (Å²) in [6.07, 6.45) is 6.57. The molecule has 0 aliphatic heterocycles. The molecule has 0 unspecified atom stereocenters. The summed E-state index contributed by atoms with van der Waals surface area (Å²) in [4.78, 5) is 11.2. The first-order valence-electron chi connectivity index (χ1n) is 6.67. The maximum Gasteiger partial charge on any atom is 0.222 e. The molecule has 0 aromatic heterocycles. The molecule has 3 heteroatoms. The lowest BCUT2D eigenvalue weighted by Crippen LogP contribution is -2.34. The topological polar surface area (TPSA) is 41.1 Å². The fourth-order valence-corrected chi connectivity index (χ4v) is 1.46. The molecule has 0 aliphatic carbocycles. The Hall–Kier alpha value is -0.570. The fourth-order valence-electron chi connectivity index (χ4n) is 1.46. The normalized spacial score (nSPS) is 10.8. The number of amides is 1. The van der Waals surface area contributed by atoms with Crippen LogP contribution in [0.15, 0.2) is 0 Å². The van der Waals surface area contributed by atoms with Crippen molar-refractivity contribution in [1.82, 2.24) is 10.6 Å². The Morgan fingerprint density at radius 1 is 1.00 bits per heavy atom. The first-order valence-corrected chi connectivity index (χ1v) is 6.67. The van der Waals surface area contributed by atoms with E-state index in [0.717, 1.165) is 19.6 Å². The lowest BCUT2D eigenvalue weighted by molar-refractivity contribution is -0.123. The van der Waals surface area contributed by atoms with E-state index >= 15 is 0 Å². The van der Waals surface area contributed by atoms with Gasteiger partial charge in [-0.1, -0.05) is 46.5 Å². The standard InChI is InChI=1S/C13H28N2O/c1-4-5-6-7-8-9-14-10-11-15-13(16)12(2)3/h12,14H,4-11H2,1-3H3,(H,15,16). The number of unbranched alkanes of at least 4 members (excludes halogenated alkanes) is 4. The zero-order valence-corrected chi connectivity index (χ0v) is 11.1.